The highest BCUT2D eigenvalue weighted by atomic mass is 35.5. The van der Waals surface area contributed by atoms with Crippen LogP contribution in [0.3, 0.4) is 0 Å². The second-order valence-electron chi connectivity index (χ2n) is 5.66. The lowest BCUT2D eigenvalue weighted by Gasteiger charge is -2.23. The Hall–Kier alpha value is -2.57. The summed E-state index contributed by atoms with van der Waals surface area (Å²) in [6, 6.07) is 15.3. The molecule has 0 fully saturated rings. The molecule has 1 aliphatic heterocycles. The molecular formula is C19H15ClN2O3S. The SMILES string of the molecule is O=C(C1=COCCO1)N(Cc1ccccc1)c1nc2c(Cl)cccc2s1. The molecule has 0 unspecified atom stereocenters. The van der Waals surface area contributed by atoms with E-state index in [0.29, 0.717) is 35.4 Å². The van der Waals surface area contributed by atoms with Crippen molar-refractivity contribution in [3.05, 3.63) is 71.1 Å². The van der Waals surface area contributed by atoms with Crippen molar-refractivity contribution in [3.63, 3.8) is 0 Å². The van der Waals surface area contributed by atoms with E-state index in [2.05, 4.69) is 4.98 Å². The van der Waals surface area contributed by atoms with Crippen LogP contribution < -0.4 is 4.90 Å². The van der Waals surface area contributed by atoms with Crippen LogP contribution in [0, 0.1) is 0 Å². The maximum Gasteiger partial charge on any atom is 0.298 e. The van der Waals surface area contributed by atoms with E-state index in [9.17, 15) is 4.79 Å². The average Bonchev–Trinajstić information content (AvgIpc) is 3.12. The molecule has 1 aromatic heterocycles. The third-order valence-corrected chi connectivity index (χ3v) is 5.23. The van der Waals surface area contributed by atoms with Gasteiger partial charge in [0.2, 0.25) is 5.76 Å². The Morgan fingerprint density at radius 3 is 2.73 bits per heavy atom. The first-order chi connectivity index (χ1) is 12.7. The lowest BCUT2D eigenvalue weighted by molar-refractivity contribution is -0.119. The smallest absolute Gasteiger partial charge is 0.298 e. The van der Waals surface area contributed by atoms with Crippen molar-refractivity contribution < 1.29 is 14.3 Å². The van der Waals surface area contributed by atoms with E-state index >= 15 is 0 Å². The third-order valence-electron chi connectivity index (χ3n) is 3.88. The molecule has 7 heteroatoms. The van der Waals surface area contributed by atoms with Gasteiger partial charge in [0.15, 0.2) is 5.13 Å². The minimum Gasteiger partial charge on any atom is -0.494 e. The Morgan fingerprint density at radius 1 is 1.15 bits per heavy atom. The van der Waals surface area contributed by atoms with Gasteiger partial charge >= 0.3 is 0 Å². The number of anilines is 1. The van der Waals surface area contributed by atoms with Crippen molar-refractivity contribution in [3.8, 4) is 0 Å². The summed E-state index contributed by atoms with van der Waals surface area (Å²) in [5, 5.41) is 1.13. The molecule has 2 heterocycles. The number of ether oxygens (including phenoxy) is 2. The number of aromatic nitrogens is 1. The van der Waals surface area contributed by atoms with Gasteiger partial charge in [-0.25, -0.2) is 4.98 Å². The number of para-hydroxylation sites is 1. The second kappa shape index (κ2) is 7.35. The number of halogens is 1. The molecule has 0 saturated carbocycles. The van der Waals surface area contributed by atoms with Crippen LogP contribution in [0.5, 0.6) is 0 Å². The highest BCUT2D eigenvalue weighted by Crippen LogP contribution is 2.34. The molecule has 0 bridgehead atoms. The Labute approximate surface area is 159 Å². The van der Waals surface area contributed by atoms with Crippen LogP contribution in [0.4, 0.5) is 5.13 Å². The van der Waals surface area contributed by atoms with E-state index in [1.54, 1.807) is 11.0 Å². The molecule has 0 radical (unpaired) electrons. The first-order valence-electron chi connectivity index (χ1n) is 8.08. The minimum absolute atomic E-state index is 0.178. The molecule has 0 spiro atoms. The number of carbonyl (C=O) groups excluding carboxylic acids is 1. The fourth-order valence-electron chi connectivity index (χ4n) is 2.62. The summed E-state index contributed by atoms with van der Waals surface area (Å²) in [5.41, 5.74) is 1.68. The molecule has 0 N–H and O–H groups in total. The van der Waals surface area contributed by atoms with Crippen LogP contribution in [0.2, 0.25) is 5.02 Å². The highest BCUT2D eigenvalue weighted by molar-refractivity contribution is 7.22. The standard InChI is InChI=1S/C19H15ClN2O3S/c20-14-7-4-8-16-17(14)21-19(26-16)22(11-13-5-2-1-3-6-13)18(23)15-12-24-9-10-25-15/h1-8,12H,9-11H2. The normalized spacial score (nSPS) is 13.7. The molecule has 132 valence electrons. The number of nitrogens with zero attached hydrogens (tertiary/aromatic N) is 2. The molecule has 3 aromatic rings. The quantitative estimate of drug-likeness (QED) is 0.668. The van der Waals surface area contributed by atoms with Crippen LogP contribution in [0.1, 0.15) is 5.56 Å². The molecule has 0 saturated heterocycles. The van der Waals surface area contributed by atoms with Gasteiger partial charge in [-0.1, -0.05) is 59.3 Å². The monoisotopic (exact) mass is 386 g/mol. The van der Waals surface area contributed by atoms with Crippen molar-refractivity contribution in [1.29, 1.82) is 0 Å². The second-order valence-corrected chi connectivity index (χ2v) is 7.08. The van der Waals surface area contributed by atoms with Gasteiger partial charge in [-0.15, -0.1) is 0 Å². The number of benzene rings is 2. The molecule has 2 aromatic carbocycles. The van der Waals surface area contributed by atoms with Crippen molar-refractivity contribution in [1.82, 2.24) is 4.98 Å². The van der Waals surface area contributed by atoms with Gasteiger partial charge in [-0.05, 0) is 17.7 Å². The average molecular weight is 387 g/mol. The number of thiazole rings is 1. The van der Waals surface area contributed by atoms with Gasteiger partial charge in [0.1, 0.15) is 25.0 Å². The van der Waals surface area contributed by atoms with E-state index in [0.717, 1.165) is 10.3 Å². The summed E-state index contributed by atoms with van der Waals surface area (Å²) < 4.78 is 11.6. The zero-order valence-electron chi connectivity index (χ0n) is 13.7. The largest absolute Gasteiger partial charge is 0.494 e. The maximum absolute atomic E-state index is 13.1. The maximum atomic E-state index is 13.1. The number of carbonyl (C=O) groups is 1. The molecule has 1 amide bonds. The molecule has 5 nitrogen and oxygen atoms in total. The van der Waals surface area contributed by atoms with E-state index in [1.165, 1.54) is 17.6 Å². The fourth-order valence-corrected chi connectivity index (χ4v) is 3.89. The van der Waals surface area contributed by atoms with E-state index < -0.39 is 0 Å². The number of hydrogen-bond donors (Lipinski definition) is 0. The summed E-state index contributed by atoms with van der Waals surface area (Å²) >= 11 is 7.67. The van der Waals surface area contributed by atoms with E-state index in [4.69, 9.17) is 21.1 Å². The zero-order valence-corrected chi connectivity index (χ0v) is 15.3. The summed E-state index contributed by atoms with van der Waals surface area (Å²) in [4.78, 5) is 19.2. The molecular weight excluding hydrogens is 372 g/mol. The van der Waals surface area contributed by atoms with Crippen LogP contribution in [-0.4, -0.2) is 24.1 Å². The Bertz CT molecular complexity index is 971. The first-order valence-corrected chi connectivity index (χ1v) is 9.27. The summed E-state index contributed by atoms with van der Waals surface area (Å²) in [6.45, 7) is 1.16. The lowest BCUT2D eigenvalue weighted by atomic mass is 10.2. The van der Waals surface area contributed by atoms with E-state index in [-0.39, 0.29) is 11.7 Å². The van der Waals surface area contributed by atoms with Gasteiger partial charge < -0.3 is 9.47 Å². The van der Waals surface area contributed by atoms with Crippen molar-refractivity contribution in [2.24, 2.45) is 0 Å². The molecule has 0 atom stereocenters. The Morgan fingerprint density at radius 2 is 2.00 bits per heavy atom. The van der Waals surface area contributed by atoms with Gasteiger partial charge in [-0.2, -0.15) is 0 Å². The van der Waals surface area contributed by atoms with Gasteiger partial charge in [0.25, 0.3) is 5.91 Å². The molecule has 26 heavy (non-hydrogen) atoms. The fraction of sp³-hybridized carbons (Fsp3) is 0.158. The third kappa shape index (κ3) is 3.38. The lowest BCUT2D eigenvalue weighted by Crippen LogP contribution is -2.33. The first kappa shape index (κ1) is 16.9. The number of fused-ring (bicyclic) bond motifs is 1. The topological polar surface area (TPSA) is 51.7 Å². The molecule has 1 aliphatic rings. The Kier molecular flexibility index (Phi) is 4.77. The predicted molar refractivity (Wildman–Crippen MR) is 102 cm³/mol. The van der Waals surface area contributed by atoms with Crippen molar-refractivity contribution in [2.45, 2.75) is 6.54 Å². The van der Waals surface area contributed by atoms with E-state index in [1.807, 2.05) is 42.5 Å². The number of amides is 1. The van der Waals surface area contributed by atoms with Crippen molar-refractivity contribution >= 4 is 44.2 Å². The van der Waals surface area contributed by atoms with Crippen molar-refractivity contribution in [2.75, 3.05) is 18.1 Å². The van der Waals surface area contributed by atoms with Gasteiger partial charge in [0, 0.05) is 0 Å². The number of rotatable bonds is 4. The Balaban J connectivity index is 1.74. The van der Waals surface area contributed by atoms with Gasteiger partial charge in [0.05, 0.1) is 16.3 Å². The zero-order chi connectivity index (χ0) is 17.9. The summed E-state index contributed by atoms with van der Waals surface area (Å²) in [6.07, 6.45) is 1.37. The number of hydrogen-bond acceptors (Lipinski definition) is 5. The summed E-state index contributed by atoms with van der Waals surface area (Å²) in [5.74, 6) is -0.110. The highest BCUT2D eigenvalue weighted by Gasteiger charge is 2.26. The van der Waals surface area contributed by atoms with Crippen LogP contribution >= 0.6 is 22.9 Å². The predicted octanol–water partition coefficient (Wildman–Crippen LogP) is 4.37. The molecule has 0 aliphatic carbocycles. The minimum atomic E-state index is -0.288. The van der Waals surface area contributed by atoms with Gasteiger partial charge in [-0.3, -0.25) is 9.69 Å². The van der Waals surface area contributed by atoms with Crippen LogP contribution in [-0.2, 0) is 20.8 Å². The van der Waals surface area contributed by atoms with Crippen LogP contribution in [0.15, 0.2) is 60.6 Å². The van der Waals surface area contributed by atoms with Crippen LogP contribution in [0.25, 0.3) is 10.2 Å². The molecule has 4 rings (SSSR count). The summed E-state index contributed by atoms with van der Waals surface area (Å²) in [7, 11) is 0.